The molecule has 0 unspecified atom stereocenters. The Morgan fingerprint density at radius 1 is 1.26 bits per heavy atom. The van der Waals surface area contributed by atoms with Crippen molar-refractivity contribution in [3.8, 4) is 23.1 Å². The molecule has 0 fully saturated rings. The molecule has 0 spiro atoms. The lowest BCUT2D eigenvalue weighted by molar-refractivity contribution is 0.146. The number of nitrogens with zero attached hydrogens (tertiary/aromatic N) is 4. The third kappa shape index (κ3) is 3.42. The van der Waals surface area contributed by atoms with Crippen LogP contribution in [0.25, 0.3) is 16.9 Å². The highest BCUT2D eigenvalue weighted by Crippen LogP contribution is 2.26. The fourth-order valence-corrected chi connectivity index (χ4v) is 2.28. The Morgan fingerprint density at radius 3 is 2.91 bits per heavy atom. The summed E-state index contributed by atoms with van der Waals surface area (Å²) in [5, 5.41) is 13.7. The number of hydrogen-bond donors (Lipinski definition) is 0. The van der Waals surface area contributed by atoms with E-state index >= 15 is 0 Å². The molecule has 0 aliphatic carbocycles. The average molecular weight is 329 g/mol. The summed E-state index contributed by atoms with van der Waals surface area (Å²) in [6.45, 7) is 0.885. The van der Waals surface area contributed by atoms with E-state index in [0.29, 0.717) is 41.0 Å². The molecule has 1 aromatic carbocycles. The molecule has 0 radical (unpaired) electrons. The van der Waals surface area contributed by atoms with E-state index in [0.717, 1.165) is 5.56 Å². The summed E-state index contributed by atoms with van der Waals surface area (Å²) in [6.07, 6.45) is 1.76. The van der Waals surface area contributed by atoms with Crippen molar-refractivity contribution >= 4 is 17.2 Å². The van der Waals surface area contributed by atoms with Gasteiger partial charge in [-0.05, 0) is 30.3 Å². The van der Waals surface area contributed by atoms with Gasteiger partial charge in [0, 0.05) is 12.7 Å². The maximum Gasteiger partial charge on any atom is 0.154 e. The van der Waals surface area contributed by atoms with Crippen LogP contribution in [0.3, 0.4) is 0 Å². The third-order valence-electron chi connectivity index (χ3n) is 3.18. The predicted molar refractivity (Wildman–Crippen MR) is 85.5 cm³/mol. The molecular formula is C16H13ClN4O2. The highest BCUT2D eigenvalue weighted by Gasteiger charge is 2.09. The number of halogens is 1. The Bertz CT molecular complexity index is 885. The molecule has 3 rings (SSSR count). The standard InChI is InChI=1S/C16H13ClN4O2/c1-22-4-5-23-13-7-11(9-18)6-12(8-13)14-10-21-16(19-14)3-2-15(17)20-21/h2-3,6-8,10H,4-5H2,1H3. The number of nitriles is 1. The Kier molecular flexibility index (Phi) is 4.42. The molecule has 0 amide bonds. The summed E-state index contributed by atoms with van der Waals surface area (Å²) in [5.41, 5.74) is 2.64. The van der Waals surface area contributed by atoms with E-state index in [-0.39, 0.29) is 0 Å². The van der Waals surface area contributed by atoms with Gasteiger partial charge in [0.2, 0.25) is 0 Å². The van der Waals surface area contributed by atoms with Crippen molar-refractivity contribution in [2.45, 2.75) is 0 Å². The van der Waals surface area contributed by atoms with Crippen LogP contribution in [-0.4, -0.2) is 34.9 Å². The van der Waals surface area contributed by atoms with Crippen molar-refractivity contribution in [1.29, 1.82) is 5.26 Å². The largest absolute Gasteiger partial charge is 0.491 e. The van der Waals surface area contributed by atoms with Crippen LogP contribution in [0.4, 0.5) is 0 Å². The van der Waals surface area contributed by atoms with Gasteiger partial charge in [0.25, 0.3) is 0 Å². The van der Waals surface area contributed by atoms with Crippen LogP contribution in [0.1, 0.15) is 5.56 Å². The highest BCUT2D eigenvalue weighted by atomic mass is 35.5. The second-order valence-electron chi connectivity index (χ2n) is 4.78. The third-order valence-corrected chi connectivity index (χ3v) is 3.38. The molecule has 0 bridgehead atoms. The molecule has 116 valence electrons. The van der Waals surface area contributed by atoms with E-state index in [2.05, 4.69) is 16.2 Å². The monoisotopic (exact) mass is 328 g/mol. The van der Waals surface area contributed by atoms with Crippen LogP contribution in [-0.2, 0) is 4.74 Å². The van der Waals surface area contributed by atoms with Crippen molar-refractivity contribution in [3.05, 3.63) is 47.2 Å². The van der Waals surface area contributed by atoms with E-state index in [1.807, 2.05) is 6.07 Å². The van der Waals surface area contributed by atoms with Crippen molar-refractivity contribution < 1.29 is 9.47 Å². The Labute approximate surface area is 137 Å². The zero-order chi connectivity index (χ0) is 16.2. The van der Waals surface area contributed by atoms with Crippen molar-refractivity contribution in [3.63, 3.8) is 0 Å². The lowest BCUT2D eigenvalue weighted by Crippen LogP contribution is -2.04. The van der Waals surface area contributed by atoms with Gasteiger partial charge in [0.05, 0.1) is 30.1 Å². The Balaban J connectivity index is 1.99. The maximum atomic E-state index is 9.20. The van der Waals surface area contributed by atoms with Crippen LogP contribution < -0.4 is 4.74 Å². The van der Waals surface area contributed by atoms with E-state index in [1.165, 1.54) is 0 Å². The molecule has 7 heteroatoms. The summed E-state index contributed by atoms with van der Waals surface area (Å²) in [4.78, 5) is 4.49. The summed E-state index contributed by atoms with van der Waals surface area (Å²) in [6, 6.07) is 10.9. The smallest absolute Gasteiger partial charge is 0.154 e. The number of benzene rings is 1. The van der Waals surface area contributed by atoms with Gasteiger partial charge >= 0.3 is 0 Å². The molecule has 2 heterocycles. The minimum absolute atomic E-state index is 0.385. The molecule has 3 aromatic rings. The fourth-order valence-electron chi connectivity index (χ4n) is 2.14. The maximum absolute atomic E-state index is 9.20. The van der Waals surface area contributed by atoms with E-state index in [9.17, 15) is 5.26 Å². The molecule has 0 saturated heterocycles. The van der Waals surface area contributed by atoms with Gasteiger partial charge in [-0.1, -0.05) is 11.6 Å². The van der Waals surface area contributed by atoms with Crippen LogP contribution in [0.5, 0.6) is 5.75 Å². The van der Waals surface area contributed by atoms with Crippen molar-refractivity contribution in [2.24, 2.45) is 0 Å². The number of fused-ring (bicyclic) bond motifs is 1. The lowest BCUT2D eigenvalue weighted by atomic mass is 10.1. The van der Waals surface area contributed by atoms with Crippen molar-refractivity contribution in [1.82, 2.24) is 14.6 Å². The quantitative estimate of drug-likeness (QED) is 0.673. The molecule has 6 nitrogen and oxygen atoms in total. The molecule has 0 aliphatic heterocycles. The summed E-state index contributed by atoms with van der Waals surface area (Å²) in [7, 11) is 1.61. The fraction of sp³-hybridized carbons (Fsp3) is 0.188. The highest BCUT2D eigenvalue weighted by molar-refractivity contribution is 6.29. The first-order valence-electron chi connectivity index (χ1n) is 6.89. The number of rotatable bonds is 5. The Hall–Kier alpha value is -2.62. The van der Waals surface area contributed by atoms with Gasteiger partial charge in [-0.3, -0.25) is 0 Å². The van der Waals surface area contributed by atoms with Gasteiger partial charge in [-0.2, -0.15) is 10.4 Å². The minimum atomic E-state index is 0.385. The van der Waals surface area contributed by atoms with Gasteiger partial charge in [-0.25, -0.2) is 9.50 Å². The molecule has 0 N–H and O–H groups in total. The average Bonchev–Trinajstić information content (AvgIpc) is 2.98. The topological polar surface area (TPSA) is 72.4 Å². The first-order chi connectivity index (χ1) is 11.2. The zero-order valence-corrected chi connectivity index (χ0v) is 13.1. The van der Waals surface area contributed by atoms with Crippen LogP contribution in [0.15, 0.2) is 36.5 Å². The lowest BCUT2D eigenvalue weighted by Gasteiger charge is -2.07. The van der Waals surface area contributed by atoms with Crippen LogP contribution in [0.2, 0.25) is 5.15 Å². The second kappa shape index (κ2) is 6.65. The molecule has 23 heavy (non-hydrogen) atoms. The van der Waals surface area contributed by atoms with E-state index < -0.39 is 0 Å². The molecular weight excluding hydrogens is 316 g/mol. The van der Waals surface area contributed by atoms with E-state index in [1.54, 1.807) is 42.1 Å². The number of imidazole rings is 1. The molecule has 0 aliphatic rings. The number of ether oxygens (including phenoxy) is 2. The van der Waals surface area contributed by atoms with Gasteiger partial charge in [-0.15, -0.1) is 0 Å². The molecule has 2 aromatic heterocycles. The summed E-state index contributed by atoms with van der Waals surface area (Å²) >= 11 is 5.88. The molecule has 0 saturated carbocycles. The van der Waals surface area contributed by atoms with Gasteiger partial charge < -0.3 is 9.47 Å². The normalized spacial score (nSPS) is 10.7. The zero-order valence-electron chi connectivity index (χ0n) is 12.4. The Morgan fingerprint density at radius 2 is 2.13 bits per heavy atom. The predicted octanol–water partition coefficient (Wildman–Crippen LogP) is 2.95. The molecule has 0 atom stereocenters. The summed E-state index contributed by atoms with van der Waals surface area (Å²) in [5.74, 6) is 0.596. The van der Waals surface area contributed by atoms with Crippen LogP contribution >= 0.6 is 11.6 Å². The second-order valence-corrected chi connectivity index (χ2v) is 5.17. The van der Waals surface area contributed by atoms with Gasteiger partial charge in [0.1, 0.15) is 17.5 Å². The van der Waals surface area contributed by atoms with E-state index in [4.69, 9.17) is 21.1 Å². The van der Waals surface area contributed by atoms with Crippen LogP contribution in [0, 0.1) is 11.3 Å². The summed E-state index contributed by atoms with van der Waals surface area (Å²) < 4.78 is 12.2. The number of aromatic nitrogens is 3. The SMILES string of the molecule is COCCOc1cc(C#N)cc(-c2cn3nc(Cl)ccc3n2)c1. The number of methoxy groups -OCH3 is 1. The van der Waals surface area contributed by atoms with Crippen molar-refractivity contribution in [2.75, 3.05) is 20.3 Å². The number of hydrogen-bond acceptors (Lipinski definition) is 5. The van der Waals surface area contributed by atoms with Gasteiger partial charge in [0.15, 0.2) is 5.65 Å². The first-order valence-corrected chi connectivity index (χ1v) is 7.26. The minimum Gasteiger partial charge on any atom is -0.491 e. The first kappa shape index (κ1) is 15.3.